The van der Waals surface area contributed by atoms with E-state index in [1.807, 2.05) is 19.9 Å². The summed E-state index contributed by atoms with van der Waals surface area (Å²) < 4.78 is 39.8. The van der Waals surface area contributed by atoms with Crippen molar-refractivity contribution in [2.45, 2.75) is 45.3 Å². The monoisotopic (exact) mass is 362 g/mol. The predicted octanol–water partition coefficient (Wildman–Crippen LogP) is 4.59. The minimum Gasteiger partial charge on any atom is -0.487 e. The molecule has 1 unspecified atom stereocenters. The minimum absolute atomic E-state index is 0.0918. The second-order valence-electron chi connectivity index (χ2n) is 6.94. The van der Waals surface area contributed by atoms with Gasteiger partial charge >= 0.3 is 5.97 Å². The van der Waals surface area contributed by atoms with Gasteiger partial charge in [-0.1, -0.05) is 19.1 Å². The van der Waals surface area contributed by atoms with Gasteiger partial charge in [-0.05, 0) is 49.6 Å². The van der Waals surface area contributed by atoms with Crippen molar-refractivity contribution in [3.05, 3.63) is 47.5 Å². The predicted molar refractivity (Wildman–Crippen MR) is 92.5 cm³/mol. The normalized spacial score (nSPS) is 15.9. The summed E-state index contributed by atoms with van der Waals surface area (Å²) in [7, 11) is 0. The topological polar surface area (TPSA) is 55.8 Å². The number of carboxylic acids is 1. The Labute approximate surface area is 150 Å². The number of carbonyl (C=O) groups is 1. The largest absolute Gasteiger partial charge is 0.487 e. The zero-order chi connectivity index (χ0) is 19.1. The fourth-order valence-electron chi connectivity index (χ4n) is 3.15. The maximum Gasteiger partial charge on any atom is 0.344 e. The van der Waals surface area contributed by atoms with Crippen LogP contribution in [0.5, 0.6) is 11.5 Å². The molecule has 0 aromatic heterocycles. The Morgan fingerprint density at radius 1 is 1.31 bits per heavy atom. The molecule has 1 heterocycles. The van der Waals surface area contributed by atoms with E-state index in [-0.39, 0.29) is 12.0 Å². The Morgan fingerprint density at radius 2 is 1.96 bits per heavy atom. The first-order valence-electron chi connectivity index (χ1n) is 8.41. The Balaban J connectivity index is 2.00. The summed E-state index contributed by atoms with van der Waals surface area (Å²) in [6.45, 7) is 5.47. The van der Waals surface area contributed by atoms with Crippen molar-refractivity contribution in [2.75, 3.05) is 0 Å². The Morgan fingerprint density at radius 3 is 2.54 bits per heavy atom. The van der Waals surface area contributed by atoms with Crippen LogP contribution < -0.4 is 9.47 Å². The van der Waals surface area contributed by atoms with Crippen molar-refractivity contribution in [2.24, 2.45) is 0 Å². The van der Waals surface area contributed by atoms with Crippen LogP contribution in [0.15, 0.2) is 30.3 Å². The van der Waals surface area contributed by atoms with Gasteiger partial charge in [-0.25, -0.2) is 13.6 Å². The van der Waals surface area contributed by atoms with E-state index in [1.165, 1.54) is 0 Å². The smallest absolute Gasteiger partial charge is 0.344 e. The van der Waals surface area contributed by atoms with Crippen molar-refractivity contribution in [1.29, 1.82) is 0 Å². The third-order valence-electron chi connectivity index (χ3n) is 4.34. The molecule has 0 amide bonds. The van der Waals surface area contributed by atoms with Crippen molar-refractivity contribution in [3.8, 4) is 22.6 Å². The zero-order valence-corrected chi connectivity index (χ0v) is 14.8. The summed E-state index contributed by atoms with van der Waals surface area (Å²) in [4.78, 5) is 11.1. The molecule has 0 fully saturated rings. The summed E-state index contributed by atoms with van der Waals surface area (Å²) in [6, 6.07) is 7.70. The number of aliphatic carboxylic acids is 1. The molecule has 0 saturated carbocycles. The molecule has 0 spiro atoms. The lowest BCUT2D eigenvalue weighted by molar-refractivity contribution is -0.145. The van der Waals surface area contributed by atoms with Crippen LogP contribution in [0.4, 0.5) is 8.78 Å². The minimum atomic E-state index is -1.31. The number of ether oxygens (including phenoxy) is 2. The highest BCUT2D eigenvalue weighted by atomic mass is 19.1. The SMILES string of the molecule is CCC(Oc1c(F)cc(-c2cccc3c2CC(C)(C)O3)cc1F)C(=O)O. The molecule has 138 valence electrons. The number of fused-ring (bicyclic) bond motifs is 1. The van der Waals surface area contributed by atoms with Crippen molar-refractivity contribution >= 4 is 5.97 Å². The van der Waals surface area contributed by atoms with Gasteiger partial charge in [0.05, 0.1) is 0 Å². The van der Waals surface area contributed by atoms with Crippen LogP contribution in [0, 0.1) is 11.6 Å². The van der Waals surface area contributed by atoms with Gasteiger partial charge in [0.25, 0.3) is 0 Å². The highest BCUT2D eigenvalue weighted by Crippen LogP contribution is 2.41. The van der Waals surface area contributed by atoms with Crippen LogP contribution in [0.1, 0.15) is 32.8 Å². The van der Waals surface area contributed by atoms with E-state index in [0.29, 0.717) is 23.3 Å². The highest BCUT2D eigenvalue weighted by molar-refractivity contribution is 5.74. The van der Waals surface area contributed by atoms with Gasteiger partial charge in [-0.2, -0.15) is 0 Å². The third-order valence-corrected chi connectivity index (χ3v) is 4.34. The van der Waals surface area contributed by atoms with Crippen molar-refractivity contribution in [3.63, 3.8) is 0 Å². The molecule has 0 saturated heterocycles. The van der Waals surface area contributed by atoms with E-state index in [2.05, 4.69) is 0 Å². The van der Waals surface area contributed by atoms with E-state index >= 15 is 0 Å². The second-order valence-corrected chi connectivity index (χ2v) is 6.94. The van der Waals surface area contributed by atoms with Gasteiger partial charge in [-0.15, -0.1) is 0 Å². The maximum atomic E-state index is 14.5. The van der Waals surface area contributed by atoms with Crippen LogP contribution in [-0.2, 0) is 11.2 Å². The first-order chi connectivity index (χ1) is 12.2. The second kappa shape index (κ2) is 6.59. The molecule has 3 rings (SSSR count). The molecule has 1 N–H and O–H groups in total. The Hall–Kier alpha value is -2.63. The molecule has 1 aliphatic heterocycles. The molecule has 2 aromatic carbocycles. The van der Waals surface area contributed by atoms with E-state index in [4.69, 9.17) is 14.6 Å². The molecule has 4 nitrogen and oxygen atoms in total. The Kier molecular flexibility index (Phi) is 4.61. The quantitative estimate of drug-likeness (QED) is 0.845. The number of carboxylic acid groups (broad SMARTS) is 1. The average Bonchev–Trinajstić information content (AvgIpc) is 2.87. The maximum absolute atomic E-state index is 14.5. The molecule has 26 heavy (non-hydrogen) atoms. The zero-order valence-electron chi connectivity index (χ0n) is 14.8. The van der Waals surface area contributed by atoms with E-state index < -0.39 is 29.5 Å². The van der Waals surface area contributed by atoms with Gasteiger partial charge in [0.15, 0.2) is 23.5 Å². The molecule has 0 bridgehead atoms. The summed E-state index contributed by atoms with van der Waals surface area (Å²) >= 11 is 0. The lowest BCUT2D eigenvalue weighted by Gasteiger charge is -2.16. The number of benzene rings is 2. The molecule has 1 aliphatic rings. The first-order valence-corrected chi connectivity index (χ1v) is 8.41. The first kappa shape index (κ1) is 18.2. The van der Waals surface area contributed by atoms with Crippen LogP contribution in [0.3, 0.4) is 0 Å². The van der Waals surface area contributed by atoms with Crippen molar-refractivity contribution in [1.82, 2.24) is 0 Å². The van der Waals surface area contributed by atoms with Crippen molar-refractivity contribution < 1.29 is 28.2 Å². The molecular formula is C20H20F2O4. The molecule has 6 heteroatoms. The molecular weight excluding hydrogens is 342 g/mol. The summed E-state index contributed by atoms with van der Waals surface area (Å²) in [5.74, 6) is -3.11. The van der Waals surface area contributed by atoms with E-state index in [1.54, 1.807) is 19.1 Å². The number of halogens is 2. The molecule has 0 radical (unpaired) electrons. The summed E-state index contributed by atoms with van der Waals surface area (Å²) in [5.41, 5.74) is 1.55. The van der Waals surface area contributed by atoms with Gasteiger partial charge < -0.3 is 14.6 Å². The van der Waals surface area contributed by atoms with Crippen LogP contribution in [-0.4, -0.2) is 22.8 Å². The van der Waals surface area contributed by atoms with Gasteiger partial charge in [0, 0.05) is 12.0 Å². The third kappa shape index (κ3) is 3.36. The fourth-order valence-corrected chi connectivity index (χ4v) is 3.15. The fraction of sp³-hybridized carbons (Fsp3) is 0.350. The lowest BCUT2D eigenvalue weighted by Crippen LogP contribution is -2.26. The summed E-state index contributed by atoms with van der Waals surface area (Å²) in [5, 5.41) is 9.02. The van der Waals surface area contributed by atoms with Crippen LogP contribution in [0.25, 0.3) is 11.1 Å². The molecule has 2 aromatic rings. The number of rotatable bonds is 5. The van der Waals surface area contributed by atoms with Gasteiger partial charge in [0.2, 0.25) is 0 Å². The lowest BCUT2D eigenvalue weighted by atomic mass is 9.93. The van der Waals surface area contributed by atoms with Crippen LogP contribution >= 0.6 is 0 Å². The van der Waals surface area contributed by atoms with E-state index in [9.17, 15) is 13.6 Å². The molecule has 0 aliphatic carbocycles. The summed E-state index contributed by atoms with van der Waals surface area (Å²) in [6.07, 6.45) is -0.592. The van der Waals surface area contributed by atoms with Gasteiger partial charge in [0.1, 0.15) is 11.4 Å². The van der Waals surface area contributed by atoms with E-state index in [0.717, 1.165) is 17.7 Å². The average molecular weight is 362 g/mol. The number of hydrogen-bond acceptors (Lipinski definition) is 3. The Bertz CT molecular complexity index is 838. The van der Waals surface area contributed by atoms with Crippen LogP contribution in [0.2, 0.25) is 0 Å². The van der Waals surface area contributed by atoms with Gasteiger partial charge in [-0.3, -0.25) is 0 Å². The standard InChI is InChI=1S/C20H20F2O4/c1-4-16(19(23)24)25-18-14(21)8-11(9-15(18)22)12-6-5-7-17-13(12)10-20(2,3)26-17/h5-9,16H,4,10H2,1-3H3,(H,23,24). The molecule has 1 atom stereocenters. The highest BCUT2D eigenvalue weighted by Gasteiger charge is 2.32. The number of hydrogen-bond donors (Lipinski definition) is 1.